The molecule has 0 bridgehead atoms. The van der Waals surface area contributed by atoms with Crippen LogP contribution in [0.25, 0.3) is 10.1 Å². The van der Waals surface area contributed by atoms with Crippen LogP contribution in [0.5, 0.6) is 5.75 Å². The zero-order chi connectivity index (χ0) is 22.1. The van der Waals surface area contributed by atoms with Crippen LogP contribution in [-0.2, 0) is 17.4 Å². The van der Waals surface area contributed by atoms with Crippen LogP contribution in [0.2, 0.25) is 0 Å². The molecule has 2 aromatic carbocycles. The van der Waals surface area contributed by atoms with E-state index in [9.17, 15) is 22.8 Å². The predicted molar refractivity (Wildman–Crippen MR) is 108 cm³/mol. The molecule has 0 amide bonds. The number of thiophene rings is 1. The van der Waals surface area contributed by atoms with E-state index in [1.807, 2.05) is 0 Å². The lowest BCUT2D eigenvalue weighted by Crippen LogP contribution is -2.22. The molecule has 0 aliphatic carbocycles. The lowest BCUT2D eigenvalue weighted by Gasteiger charge is -2.10. The van der Waals surface area contributed by atoms with Gasteiger partial charge in [0, 0.05) is 21.6 Å². The van der Waals surface area contributed by atoms with Crippen molar-refractivity contribution in [2.45, 2.75) is 39.0 Å². The molecule has 1 aromatic heterocycles. The van der Waals surface area contributed by atoms with E-state index in [2.05, 4.69) is 0 Å². The monoisotopic (exact) mass is 436 g/mol. The number of aliphatic carboxylic acids is 1. The van der Waals surface area contributed by atoms with Crippen molar-refractivity contribution in [1.29, 1.82) is 0 Å². The van der Waals surface area contributed by atoms with E-state index in [1.165, 1.54) is 36.5 Å². The fourth-order valence-corrected chi connectivity index (χ4v) is 4.22. The molecule has 1 N–H and O–H groups in total. The number of carbonyl (C=O) groups excluding carboxylic acids is 1. The highest BCUT2D eigenvalue weighted by molar-refractivity contribution is 7.19. The van der Waals surface area contributed by atoms with E-state index in [1.54, 1.807) is 19.1 Å². The number of benzene rings is 2. The molecular formula is C22H19F3O4S. The average molecular weight is 436 g/mol. The van der Waals surface area contributed by atoms with Crippen LogP contribution in [-0.4, -0.2) is 23.0 Å². The van der Waals surface area contributed by atoms with Gasteiger partial charge in [0.25, 0.3) is 0 Å². The number of aryl methyl sites for hydroxylation is 2. The lowest BCUT2D eigenvalue weighted by molar-refractivity contribution is -0.144. The minimum absolute atomic E-state index is 0.110. The van der Waals surface area contributed by atoms with Gasteiger partial charge in [-0.05, 0) is 73.7 Å². The highest BCUT2D eigenvalue weighted by Gasteiger charge is 2.30. The Balaban J connectivity index is 1.69. The number of alkyl halides is 3. The molecule has 0 saturated heterocycles. The molecular weight excluding hydrogens is 417 g/mol. The van der Waals surface area contributed by atoms with Gasteiger partial charge in [0.1, 0.15) is 5.75 Å². The van der Waals surface area contributed by atoms with Crippen molar-refractivity contribution < 1.29 is 32.6 Å². The normalized spacial score (nSPS) is 12.7. The van der Waals surface area contributed by atoms with Gasteiger partial charge in [0.15, 0.2) is 11.9 Å². The summed E-state index contributed by atoms with van der Waals surface area (Å²) in [4.78, 5) is 24.2. The van der Waals surface area contributed by atoms with Crippen molar-refractivity contribution in [3.63, 3.8) is 0 Å². The maximum absolute atomic E-state index is 13.0. The molecule has 0 spiro atoms. The van der Waals surface area contributed by atoms with Crippen molar-refractivity contribution in [2.75, 3.05) is 0 Å². The average Bonchev–Trinajstić information content (AvgIpc) is 3.01. The zero-order valence-electron chi connectivity index (χ0n) is 16.2. The number of carboxylic acid groups (broad SMARTS) is 1. The van der Waals surface area contributed by atoms with Gasteiger partial charge in [0.05, 0.1) is 5.56 Å². The molecule has 1 heterocycles. The summed E-state index contributed by atoms with van der Waals surface area (Å²) in [5, 5.41) is 9.42. The Morgan fingerprint density at radius 2 is 1.80 bits per heavy atom. The Bertz CT molecular complexity index is 1080. The number of carboxylic acids is 1. The summed E-state index contributed by atoms with van der Waals surface area (Å²) in [5.74, 6) is -0.848. The van der Waals surface area contributed by atoms with Gasteiger partial charge in [-0.1, -0.05) is 0 Å². The highest BCUT2D eigenvalue weighted by atomic mass is 32.1. The van der Waals surface area contributed by atoms with Gasteiger partial charge in [0.2, 0.25) is 0 Å². The van der Waals surface area contributed by atoms with Crippen LogP contribution in [0.1, 0.15) is 39.7 Å². The summed E-state index contributed by atoms with van der Waals surface area (Å²) in [5.41, 5.74) is 0.543. The van der Waals surface area contributed by atoms with E-state index in [0.29, 0.717) is 23.1 Å². The van der Waals surface area contributed by atoms with Crippen LogP contribution in [0.3, 0.4) is 0 Å². The summed E-state index contributed by atoms with van der Waals surface area (Å²) >= 11 is 1.40. The number of ketones is 1. The van der Waals surface area contributed by atoms with Crippen LogP contribution < -0.4 is 4.74 Å². The second-order valence-electron chi connectivity index (χ2n) is 6.90. The topological polar surface area (TPSA) is 63.6 Å². The van der Waals surface area contributed by atoms with Crippen LogP contribution >= 0.6 is 11.3 Å². The number of hydrogen-bond donors (Lipinski definition) is 1. The standard InChI is InChI=1S/C22H19F3O4S/c1-12-17-11-15(22(23,24)25)5-9-20(17)30-19(12)10-8-18(26)14-3-6-16(7-4-14)29-13(2)21(27)28/h3-7,9,11,13H,8,10H2,1-2H3,(H,27,28). The van der Waals surface area contributed by atoms with E-state index >= 15 is 0 Å². The molecule has 0 aliphatic rings. The molecule has 158 valence electrons. The zero-order valence-corrected chi connectivity index (χ0v) is 17.1. The van der Waals surface area contributed by atoms with Crippen molar-refractivity contribution >= 4 is 33.2 Å². The summed E-state index contributed by atoms with van der Waals surface area (Å²) in [6.07, 6.45) is -4.75. The molecule has 0 fully saturated rings. The number of fused-ring (bicyclic) bond motifs is 1. The Kier molecular flexibility index (Phi) is 6.17. The fourth-order valence-electron chi connectivity index (χ4n) is 3.03. The smallest absolute Gasteiger partial charge is 0.416 e. The maximum atomic E-state index is 13.0. The Morgan fingerprint density at radius 3 is 2.40 bits per heavy atom. The third-order valence-electron chi connectivity index (χ3n) is 4.78. The molecule has 3 aromatic rings. The van der Waals surface area contributed by atoms with Gasteiger partial charge in [-0.25, -0.2) is 4.79 Å². The first-order valence-corrected chi connectivity index (χ1v) is 10.00. The van der Waals surface area contributed by atoms with Gasteiger partial charge >= 0.3 is 12.1 Å². The van der Waals surface area contributed by atoms with Crippen LogP contribution in [0, 0.1) is 6.92 Å². The third kappa shape index (κ3) is 4.81. The van der Waals surface area contributed by atoms with Gasteiger partial charge < -0.3 is 9.84 Å². The highest BCUT2D eigenvalue weighted by Crippen LogP contribution is 2.37. The van der Waals surface area contributed by atoms with Crippen molar-refractivity contribution in [3.05, 3.63) is 64.0 Å². The minimum atomic E-state index is -4.39. The molecule has 0 radical (unpaired) electrons. The second-order valence-corrected chi connectivity index (χ2v) is 8.04. The van der Waals surface area contributed by atoms with Gasteiger partial charge in [-0.15, -0.1) is 11.3 Å². The van der Waals surface area contributed by atoms with E-state index < -0.39 is 23.8 Å². The summed E-state index contributed by atoms with van der Waals surface area (Å²) < 4.78 is 44.9. The lowest BCUT2D eigenvalue weighted by atomic mass is 10.0. The van der Waals surface area contributed by atoms with Gasteiger partial charge in [-0.3, -0.25) is 4.79 Å². The van der Waals surface area contributed by atoms with Crippen molar-refractivity contribution in [3.8, 4) is 5.75 Å². The molecule has 1 atom stereocenters. The number of hydrogen-bond acceptors (Lipinski definition) is 4. The van der Waals surface area contributed by atoms with Crippen molar-refractivity contribution in [1.82, 2.24) is 0 Å². The second kappa shape index (κ2) is 8.47. The summed E-state index contributed by atoms with van der Waals surface area (Å²) in [6, 6.07) is 9.91. The van der Waals surface area contributed by atoms with Gasteiger partial charge in [-0.2, -0.15) is 13.2 Å². The first-order chi connectivity index (χ1) is 14.1. The Labute approximate surface area is 174 Å². The SMILES string of the molecule is Cc1c(CCC(=O)c2ccc(OC(C)C(=O)O)cc2)sc2ccc(C(F)(F)F)cc12. The number of Topliss-reactive ketones (excluding diaryl/α,β-unsaturated/α-hetero) is 1. The van der Waals surface area contributed by atoms with E-state index in [4.69, 9.17) is 9.84 Å². The Morgan fingerprint density at radius 1 is 1.13 bits per heavy atom. The molecule has 4 nitrogen and oxygen atoms in total. The van der Waals surface area contributed by atoms with E-state index in [-0.39, 0.29) is 12.2 Å². The number of carbonyl (C=O) groups is 2. The predicted octanol–water partition coefficient (Wildman–Crippen LogP) is 5.90. The summed E-state index contributed by atoms with van der Waals surface area (Å²) in [7, 11) is 0. The molecule has 0 aliphatic heterocycles. The summed E-state index contributed by atoms with van der Waals surface area (Å²) in [6.45, 7) is 3.18. The minimum Gasteiger partial charge on any atom is -0.479 e. The number of ether oxygens (including phenoxy) is 1. The maximum Gasteiger partial charge on any atom is 0.416 e. The molecule has 8 heteroatoms. The molecule has 3 rings (SSSR count). The third-order valence-corrected chi connectivity index (χ3v) is 6.11. The van der Waals surface area contributed by atoms with Crippen LogP contribution in [0.15, 0.2) is 42.5 Å². The fraction of sp³-hybridized carbons (Fsp3) is 0.273. The number of halogens is 3. The molecule has 0 saturated carbocycles. The largest absolute Gasteiger partial charge is 0.479 e. The number of rotatable bonds is 7. The quantitative estimate of drug-likeness (QED) is 0.469. The molecule has 30 heavy (non-hydrogen) atoms. The Hall–Kier alpha value is -2.87. The van der Waals surface area contributed by atoms with Crippen molar-refractivity contribution in [2.24, 2.45) is 0 Å². The first-order valence-electron chi connectivity index (χ1n) is 9.18. The van der Waals surface area contributed by atoms with E-state index in [0.717, 1.165) is 27.3 Å². The van der Waals surface area contributed by atoms with Crippen LogP contribution in [0.4, 0.5) is 13.2 Å². The first kappa shape index (κ1) is 21.8. The molecule has 1 unspecified atom stereocenters.